The Balaban J connectivity index is 1.65. The predicted molar refractivity (Wildman–Crippen MR) is 91.5 cm³/mol. The third-order valence-corrected chi connectivity index (χ3v) is 4.23. The van der Waals surface area contributed by atoms with Crippen molar-refractivity contribution in [2.24, 2.45) is 0 Å². The summed E-state index contributed by atoms with van der Waals surface area (Å²) in [6.45, 7) is 1.90. The van der Waals surface area contributed by atoms with Crippen molar-refractivity contribution < 1.29 is 14.3 Å². The van der Waals surface area contributed by atoms with E-state index in [4.69, 9.17) is 9.47 Å². The van der Waals surface area contributed by atoms with Gasteiger partial charge in [0.2, 0.25) is 0 Å². The van der Waals surface area contributed by atoms with Crippen molar-refractivity contribution in [1.82, 2.24) is 4.98 Å². The van der Waals surface area contributed by atoms with Crippen molar-refractivity contribution in [1.29, 1.82) is 0 Å². The van der Waals surface area contributed by atoms with Crippen LogP contribution >= 0.6 is 11.3 Å². The van der Waals surface area contributed by atoms with E-state index in [9.17, 15) is 4.79 Å². The van der Waals surface area contributed by atoms with Crippen molar-refractivity contribution in [3.8, 4) is 11.5 Å². The lowest BCUT2D eigenvalue weighted by Gasteiger charge is -2.09. The topological polar surface area (TPSA) is 60.5 Å². The molecule has 118 valence electrons. The first-order valence-electron chi connectivity index (χ1n) is 7.09. The fourth-order valence-corrected chi connectivity index (χ4v) is 3.14. The zero-order valence-electron chi connectivity index (χ0n) is 12.8. The SMILES string of the molecule is COc1ccccc1OCC(=O)Nc1nc2c(C)cccc2s1. The summed E-state index contributed by atoms with van der Waals surface area (Å²) in [5.74, 6) is 0.869. The molecule has 1 amide bonds. The summed E-state index contributed by atoms with van der Waals surface area (Å²) in [6.07, 6.45) is 0. The molecule has 3 rings (SSSR count). The number of hydrogen-bond acceptors (Lipinski definition) is 5. The number of aromatic nitrogens is 1. The molecule has 0 saturated heterocycles. The molecule has 0 spiro atoms. The van der Waals surface area contributed by atoms with Crippen LogP contribution in [0, 0.1) is 6.92 Å². The molecular formula is C17H16N2O3S. The lowest BCUT2D eigenvalue weighted by atomic mass is 10.2. The molecule has 0 aliphatic carbocycles. The number of nitrogens with zero attached hydrogens (tertiary/aromatic N) is 1. The number of carbonyl (C=O) groups excluding carboxylic acids is 1. The van der Waals surface area contributed by atoms with E-state index in [1.807, 2.05) is 37.3 Å². The number of fused-ring (bicyclic) bond motifs is 1. The Morgan fingerprint density at radius 2 is 1.96 bits per heavy atom. The van der Waals surface area contributed by atoms with Crippen molar-refractivity contribution in [3.05, 3.63) is 48.0 Å². The van der Waals surface area contributed by atoms with Crippen molar-refractivity contribution in [2.75, 3.05) is 19.0 Å². The number of nitrogens with one attached hydrogen (secondary N) is 1. The van der Waals surface area contributed by atoms with Crippen molar-refractivity contribution in [2.45, 2.75) is 6.92 Å². The second-order valence-electron chi connectivity index (χ2n) is 4.93. The van der Waals surface area contributed by atoms with Gasteiger partial charge in [-0.05, 0) is 30.7 Å². The summed E-state index contributed by atoms with van der Waals surface area (Å²) in [5.41, 5.74) is 2.00. The Morgan fingerprint density at radius 3 is 2.70 bits per heavy atom. The molecule has 2 aromatic carbocycles. The van der Waals surface area contributed by atoms with Crippen LogP contribution in [0.3, 0.4) is 0 Å². The summed E-state index contributed by atoms with van der Waals surface area (Å²) >= 11 is 1.45. The first-order valence-corrected chi connectivity index (χ1v) is 7.91. The lowest BCUT2D eigenvalue weighted by molar-refractivity contribution is -0.118. The molecule has 3 aromatic rings. The largest absolute Gasteiger partial charge is 0.493 e. The van der Waals surface area contributed by atoms with E-state index in [0.29, 0.717) is 16.6 Å². The highest BCUT2D eigenvalue weighted by Gasteiger charge is 2.11. The van der Waals surface area contributed by atoms with E-state index in [-0.39, 0.29) is 12.5 Å². The van der Waals surface area contributed by atoms with Crippen molar-refractivity contribution in [3.63, 3.8) is 0 Å². The van der Waals surface area contributed by atoms with Gasteiger partial charge in [0.15, 0.2) is 23.2 Å². The standard InChI is InChI=1S/C17H16N2O3S/c1-11-6-5-9-14-16(11)19-17(23-14)18-15(20)10-22-13-8-4-3-7-12(13)21-2/h3-9H,10H2,1-2H3,(H,18,19,20). The third-order valence-electron chi connectivity index (χ3n) is 3.29. The van der Waals surface area contributed by atoms with Gasteiger partial charge in [-0.2, -0.15) is 0 Å². The summed E-state index contributed by atoms with van der Waals surface area (Å²) in [7, 11) is 1.56. The minimum atomic E-state index is -0.257. The van der Waals surface area contributed by atoms with Crippen LogP contribution in [0.1, 0.15) is 5.56 Å². The van der Waals surface area contributed by atoms with Crippen LogP contribution < -0.4 is 14.8 Å². The number of benzene rings is 2. The highest BCUT2D eigenvalue weighted by Crippen LogP contribution is 2.28. The Labute approximate surface area is 137 Å². The normalized spacial score (nSPS) is 10.5. The molecule has 0 atom stereocenters. The number of para-hydroxylation sites is 3. The van der Waals surface area contributed by atoms with Crippen molar-refractivity contribution >= 4 is 32.6 Å². The van der Waals surface area contributed by atoms with Crippen LogP contribution in [0.15, 0.2) is 42.5 Å². The first-order chi connectivity index (χ1) is 11.2. The number of rotatable bonds is 5. The Hall–Kier alpha value is -2.60. The number of methoxy groups -OCH3 is 1. The molecule has 0 bridgehead atoms. The maximum atomic E-state index is 12.0. The average Bonchev–Trinajstić information content (AvgIpc) is 2.97. The van der Waals surface area contributed by atoms with Gasteiger partial charge in [0.25, 0.3) is 5.91 Å². The summed E-state index contributed by atoms with van der Waals surface area (Å²) < 4.78 is 11.7. The molecular weight excluding hydrogens is 312 g/mol. The molecule has 1 heterocycles. The Kier molecular flexibility index (Phi) is 4.43. The number of aryl methyl sites for hydroxylation is 1. The van der Waals surface area contributed by atoms with Gasteiger partial charge in [-0.3, -0.25) is 10.1 Å². The zero-order valence-corrected chi connectivity index (χ0v) is 13.6. The predicted octanol–water partition coefficient (Wildman–Crippen LogP) is 3.63. The van der Waals surface area contributed by atoms with Gasteiger partial charge >= 0.3 is 0 Å². The fourth-order valence-electron chi connectivity index (χ4n) is 2.18. The van der Waals surface area contributed by atoms with E-state index in [1.54, 1.807) is 19.2 Å². The fraction of sp³-hybridized carbons (Fsp3) is 0.176. The Bertz CT molecular complexity index is 845. The molecule has 0 unspecified atom stereocenters. The number of thiazole rings is 1. The highest BCUT2D eigenvalue weighted by atomic mass is 32.1. The van der Waals surface area contributed by atoms with E-state index in [2.05, 4.69) is 10.3 Å². The molecule has 1 N–H and O–H groups in total. The molecule has 5 nitrogen and oxygen atoms in total. The second-order valence-corrected chi connectivity index (χ2v) is 5.96. The molecule has 6 heteroatoms. The number of carbonyl (C=O) groups is 1. The maximum absolute atomic E-state index is 12.0. The minimum absolute atomic E-state index is 0.102. The van der Waals surface area contributed by atoms with Gasteiger partial charge in [0, 0.05) is 0 Å². The van der Waals surface area contributed by atoms with Gasteiger partial charge < -0.3 is 9.47 Å². The van der Waals surface area contributed by atoms with Gasteiger partial charge in [-0.25, -0.2) is 4.98 Å². The van der Waals surface area contributed by atoms with Crippen LogP contribution in [-0.4, -0.2) is 24.6 Å². The molecule has 23 heavy (non-hydrogen) atoms. The number of anilines is 1. The summed E-state index contributed by atoms with van der Waals surface area (Å²) in [6, 6.07) is 13.2. The molecule has 0 aliphatic rings. The highest BCUT2D eigenvalue weighted by molar-refractivity contribution is 7.22. The van der Waals surface area contributed by atoms with Crippen LogP contribution in [-0.2, 0) is 4.79 Å². The van der Waals surface area contributed by atoms with Crippen LogP contribution in [0.2, 0.25) is 0 Å². The maximum Gasteiger partial charge on any atom is 0.264 e. The number of hydrogen-bond donors (Lipinski definition) is 1. The van der Waals surface area contributed by atoms with Gasteiger partial charge in [0.05, 0.1) is 17.3 Å². The van der Waals surface area contributed by atoms with Crippen LogP contribution in [0.5, 0.6) is 11.5 Å². The number of amides is 1. The average molecular weight is 328 g/mol. The lowest BCUT2D eigenvalue weighted by Crippen LogP contribution is -2.20. The first kappa shape index (κ1) is 15.3. The minimum Gasteiger partial charge on any atom is -0.493 e. The molecule has 0 radical (unpaired) electrons. The quantitative estimate of drug-likeness (QED) is 0.777. The van der Waals surface area contributed by atoms with E-state index < -0.39 is 0 Å². The number of ether oxygens (including phenoxy) is 2. The summed E-state index contributed by atoms with van der Waals surface area (Å²) in [5, 5.41) is 3.34. The van der Waals surface area contributed by atoms with Gasteiger partial charge in [-0.15, -0.1) is 0 Å². The smallest absolute Gasteiger partial charge is 0.264 e. The molecule has 1 aromatic heterocycles. The van der Waals surface area contributed by atoms with Crippen LogP contribution in [0.25, 0.3) is 10.2 Å². The molecule has 0 fully saturated rings. The van der Waals surface area contributed by atoms with Gasteiger partial charge in [-0.1, -0.05) is 35.6 Å². The monoisotopic (exact) mass is 328 g/mol. The van der Waals surface area contributed by atoms with E-state index in [0.717, 1.165) is 15.8 Å². The molecule has 0 saturated carbocycles. The van der Waals surface area contributed by atoms with E-state index in [1.165, 1.54) is 11.3 Å². The van der Waals surface area contributed by atoms with Crippen LogP contribution in [0.4, 0.5) is 5.13 Å². The second kappa shape index (κ2) is 6.66. The molecule has 0 aliphatic heterocycles. The summed E-state index contributed by atoms with van der Waals surface area (Å²) in [4.78, 5) is 16.5. The zero-order chi connectivity index (χ0) is 16.2. The Morgan fingerprint density at radius 1 is 1.17 bits per heavy atom. The van der Waals surface area contributed by atoms with Gasteiger partial charge in [0.1, 0.15) is 0 Å². The van der Waals surface area contributed by atoms with E-state index >= 15 is 0 Å². The third kappa shape index (κ3) is 3.43.